The Balaban J connectivity index is 1.63. The molecule has 0 saturated heterocycles. The van der Waals surface area contributed by atoms with E-state index in [-0.39, 0.29) is 23.3 Å². The summed E-state index contributed by atoms with van der Waals surface area (Å²) in [6.45, 7) is 15.5. The molecule has 2 atom stereocenters. The summed E-state index contributed by atoms with van der Waals surface area (Å²) in [6.07, 6.45) is 1.19. The lowest BCUT2D eigenvalue weighted by Gasteiger charge is -2.33. The van der Waals surface area contributed by atoms with Crippen molar-refractivity contribution in [1.82, 2.24) is 0 Å². The van der Waals surface area contributed by atoms with Crippen LogP contribution in [0.4, 0.5) is 5.69 Å². The molecule has 1 aliphatic heterocycles. The lowest BCUT2D eigenvalue weighted by Crippen LogP contribution is -2.25. The lowest BCUT2D eigenvalue weighted by molar-refractivity contribution is -0.116. The first-order valence-corrected chi connectivity index (χ1v) is 15.7. The number of hydrogen-bond donors (Lipinski definition) is 1. The van der Waals surface area contributed by atoms with Gasteiger partial charge in [-0.15, -0.1) is 0 Å². The zero-order valence-electron chi connectivity index (χ0n) is 23.2. The highest BCUT2D eigenvalue weighted by Crippen LogP contribution is 2.46. The van der Waals surface area contributed by atoms with Crippen molar-refractivity contribution in [2.75, 3.05) is 5.32 Å². The Hall–Kier alpha value is -2.89. The fourth-order valence-electron chi connectivity index (χ4n) is 4.93. The SMILES string of the molecule is Cc1cccc(C(CC(C)C(C)(C)C)O[Si](C)C)c1NC(=O)CC1c2ccccc2Oc2ccccc21. The molecular formula is C32H40NO3Si. The van der Waals surface area contributed by atoms with Crippen LogP contribution in [0.5, 0.6) is 11.5 Å². The van der Waals surface area contributed by atoms with Crippen molar-refractivity contribution in [2.24, 2.45) is 11.3 Å². The Kier molecular flexibility index (Phi) is 8.25. The number of hydrogen-bond acceptors (Lipinski definition) is 3. The van der Waals surface area contributed by atoms with Crippen LogP contribution in [-0.2, 0) is 9.22 Å². The molecule has 2 unspecified atom stereocenters. The number of para-hydroxylation sites is 3. The second-order valence-corrected chi connectivity index (χ2v) is 13.6. The minimum atomic E-state index is -0.943. The predicted octanol–water partition coefficient (Wildman–Crippen LogP) is 8.64. The van der Waals surface area contributed by atoms with Crippen molar-refractivity contribution < 1.29 is 14.0 Å². The fourth-order valence-corrected chi connectivity index (χ4v) is 5.72. The number of anilines is 1. The number of carbonyl (C=O) groups excluding carboxylic acids is 1. The molecule has 3 aromatic carbocycles. The first-order valence-electron chi connectivity index (χ1n) is 13.3. The van der Waals surface area contributed by atoms with Crippen molar-refractivity contribution in [1.29, 1.82) is 0 Å². The molecule has 1 aliphatic rings. The average molecular weight is 515 g/mol. The third-order valence-corrected chi connectivity index (χ3v) is 8.29. The Labute approximate surface area is 224 Å². The van der Waals surface area contributed by atoms with E-state index in [4.69, 9.17) is 9.16 Å². The molecule has 1 radical (unpaired) electrons. The maximum Gasteiger partial charge on any atom is 0.225 e. The van der Waals surface area contributed by atoms with E-state index in [0.29, 0.717) is 12.3 Å². The van der Waals surface area contributed by atoms with Gasteiger partial charge in [0.25, 0.3) is 0 Å². The van der Waals surface area contributed by atoms with Crippen LogP contribution in [0.3, 0.4) is 0 Å². The molecule has 3 aromatic rings. The summed E-state index contributed by atoms with van der Waals surface area (Å²) in [7, 11) is -0.943. The van der Waals surface area contributed by atoms with E-state index < -0.39 is 9.04 Å². The van der Waals surface area contributed by atoms with Crippen LogP contribution in [0.2, 0.25) is 13.1 Å². The van der Waals surface area contributed by atoms with Crippen molar-refractivity contribution >= 4 is 20.6 Å². The molecule has 5 heteroatoms. The average Bonchev–Trinajstić information content (AvgIpc) is 2.84. The molecule has 4 rings (SSSR count). The second-order valence-electron chi connectivity index (χ2n) is 11.5. The predicted molar refractivity (Wildman–Crippen MR) is 154 cm³/mol. The summed E-state index contributed by atoms with van der Waals surface area (Å²) in [6, 6.07) is 22.3. The summed E-state index contributed by atoms with van der Waals surface area (Å²) in [5.41, 5.74) is 5.28. The molecule has 1 N–H and O–H groups in total. The van der Waals surface area contributed by atoms with Crippen LogP contribution in [0.25, 0.3) is 0 Å². The number of nitrogens with one attached hydrogen (secondary N) is 1. The maximum atomic E-state index is 13.6. The van der Waals surface area contributed by atoms with E-state index in [2.05, 4.69) is 83.4 Å². The van der Waals surface area contributed by atoms with E-state index in [9.17, 15) is 4.79 Å². The van der Waals surface area contributed by atoms with Gasteiger partial charge in [-0.2, -0.15) is 0 Å². The normalized spacial score (nSPS) is 14.9. The van der Waals surface area contributed by atoms with E-state index in [1.165, 1.54) is 0 Å². The van der Waals surface area contributed by atoms with E-state index >= 15 is 0 Å². The number of rotatable bonds is 8. The summed E-state index contributed by atoms with van der Waals surface area (Å²) >= 11 is 0. The van der Waals surface area contributed by atoms with Crippen LogP contribution in [-0.4, -0.2) is 14.9 Å². The molecule has 0 fully saturated rings. The Morgan fingerprint density at radius 1 is 0.973 bits per heavy atom. The van der Waals surface area contributed by atoms with Crippen molar-refractivity contribution in [2.45, 2.75) is 72.6 Å². The molecule has 0 aliphatic carbocycles. The Bertz CT molecular complexity index is 1200. The molecule has 0 bridgehead atoms. The van der Waals surface area contributed by atoms with Gasteiger partial charge in [0, 0.05) is 34.7 Å². The standard InChI is InChI=1S/C32H40NO3Si/c1-21-13-12-16-25(29(36-37(6)7)19-22(2)32(3,4)5)31(21)33-30(34)20-26-23-14-8-10-17-27(23)35-28-18-11-9-15-24(26)28/h8-18,22,26,29H,19-20H2,1-7H3,(H,33,34). The minimum absolute atomic E-state index is 0.00629. The maximum absolute atomic E-state index is 13.6. The highest BCUT2D eigenvalue weighted by Gasteiger charge is 2.30. The van der Waals surface area contributed by atoms with Gasteiger partial charge in [0.2, 0.25) is 14.9 Å². The van der Waals surface area contributed by atoms with E-state index in [0.717, 1.165) is 45.9 Å². The van der Waals surface area contributed by atoms with E-state index in [1.807, 2.05) is 36.4 Å². The third-order valence-electron chi connectivity index (χ3n) is 7.54. The quantitative estimate of drug-likeness (QED) is 0.306. The van der Waals surface area contributed by atoms with Gasteiger partial charge in [0.1, 0.15) is 11.5 Å². The summed E-state index contributed by atoms with van der Waals surface area (Å²) < 4.78 is 12.7. The smallest absolute Gasteiger partial charge is 0.225 e. The Morgan fingerprint density at radius 3 is 2.14 bits per heavy atom. The van der Waals surface area contributed by atoms with Gasteiger partial charge >= 0.3 is 0 Å². The summed E-state index contributed by atoms with van der Waals surface area (Å²) in [4.78, 5) is 13.6. The highest BCUT2D eigenvalue weighted by atomic mass is 28.3. The van der Waals surface area contributed by atoms with Gasteiger partial charge in [0.15, 0.2) is 0 Å². The van der Waals surface area contributed by atoms with Gasteiger partial charge in [-0.1, -0.05) is 82.3 Å². The van der Waals surface area contributed by atoms with Crippen molar-refractivity contribution in [3.63, 3.8) is 0 Å². The highest BCUT2D eigenvalue weighted by molar-refractivity contribution is 6.48. The molecule has 1 amide bonds. The summed E-state index contributed by atoms with van der Waals surface area (Å²) in [5, 5.41) is 3.31. The summed E-state index contributed by atoms with van der Waals surface area (Å²) in [5.74, 6) is 2.02. The number of amides is 1. The number of benzene rings is 3. The van der Waals surface area contributed by atoms with Crippen LogP contribution in [0.1, 0.15) is 74.8 Å². The fraction of sp³-hybridized carbons (Fsp3) is 0.406. The minimum Gasteiger partial charge on any atom is -0.457 e. The van der Waals surface area contributed by atoms with Gasteiger partial charge in [0.05, 0.1) is 6.10 Å². The molecule has 195 valence electrons. The topological polar surface area (TPSA) is 47.6 Å². The Morgan fingerprint density at radius 2 is 1.57 bits per heavy atom. The second kappa shape index (κ2) is 11.2. The van der Waals surface area contributed by atoms with Gasteiger partial charge in [-0.3, -0.25) is 4.79 Å². The molecule has 37 heavy (non-hydrogen) atoms. The number of ether oxygens (including phenoxy) is 1. The van der Waals surface area contributed by atoms with Gasteiger partial charge < -0.3 is 14.5 Å². The van der Waals surface area contributed by atoms with Crippen LogP contribution in [0, 0.1) is 18.3 Å². The van der Waals surface area contributed by atoms with Gasteiger partial charge in [-0.05, 0) is 55.5 Å². The molecule has 4 nitrogen and oxygen atoms in total. The molecule has 0 spiro atoms. The van der Waals surface area contributed by atoms with Crippen LogP contribution >= 0.6 is 0 Å². The monoisotopic (exact) mass is 514 g/mol. The zero-order valence-corrected chi connectivity index (χ0v) is 24.2. The molecular weight excluding hydrogens is 474 g/mol. The first-order chi connectivity index (χ1) is 17.5. The lowest BCUT2D eigenvalue weighted by atomic mass is 9.78. The van der Waals surface area contributed by atoms with Crippen molar-refractivity contribution in [3.8, 4) is 11.5 Å². The van der Waals surface area contributed by atoms with Crippen LogP contribution in [0.15, 0.2) is 66.7 Å². The largest absolute Gasteiger partial charge is 0.457 e. The van der Waals surface area contributed by atoms with Crippen molar-refractivity contribution in [3.05, 3.63) is 89.0 Å². The van der Waals surface area contributed by atoms with E-state index in [1.54, 1.807) is 0 Å². The number of fused-ring (bicyclic) bond motifs is 2. The number of aryl methyl sites for hydroxylation is 1. The molecule has 0 aromatic heterocycles. The number of carbonyl (C=O) groups is 1. The van der Waals surface area contributed by atoms with Crippen LogP contribution < -0.4 is 10.1 Å². The zero-order chi connectivity index (χ0) is 26.7. The first kappa shape index (κ1) is 27.1. The van der Waals surface area contributed by atoms with Gasteiger partial charge in [-0.25, -0.2) is 0 Å². The molecule has 0 saturated carbocycles. The molecule has 1 heterocycles. The third kappa shape index (κ3) is 6.34.